The van der Waals surface area contributed by atoms with Crippen LogP contribution in [0.2, 0.25) is 0 Å². The predicted molar refractivity (Wildman–Crippen MR) is 24.5 cm³/mol. The molecule has 7 heavy (non-hydrogen) atoms. The van der Waals surface area contributed by atoms with E-state index in [1.54, 1.807) is 0 Å². The molecule has 1 rings (SSSR count). The molecule has 1 unspecified atom stereocenters. The summed E-state index contributed by atoms with van der Waals surface area (Å²) in [5, 5.41) is 3.04. The molecule has 0 amide bonds. The molecule has 1 atom stereocenters. The van der Waals surface area contributed by atoms with E-state index in [0.717, 1.165) is 19.5 Å². The van der Waals surface area contributed by atoms with Crippen LogP contribution in [0.15, 0.2) is 0 Å². The SMILES string of the molecule is [N]OC1CCNC1. The van der Waals surface area contributed by atoms with Crippen LogP contribution in [0, 0.1) is 0 Å². The van der Waals surface area contributed by atoms with Crippen LogP contribution in [0.3, 0.4) is 0 Å². The fraction of sp³-hybridized carbons (Fsp3) is 1.00. The van der Waals surface area contributed by atoms with Crippen LogP contribution in [0.4, 0.5) is 0 Å². The molecule has 0 bridgehead atoms. The van der Waals surface area contributed by atoms with Gasteiger partial charge in [0, 0.05) is 12.4 Å². The lowest BCUT2D eigenvalue weighted by molar-refractivity contribution is 0.0510. The fourth-order valence-corrected chi connectivity index (χ4v) is 0.718. The van der Waals surface area contributed by atoms with E-state index in [9.17, 15) is 0 Å². The second-order valence-corrected chi connectivity index (χ2v) is 1.72. The van der Waals surface area contributed by atoms with Gasteiger partial charge in [0.15, 0.2) is 0 Å². The van der Waals surface area contributed by atoms with E-state index in [0.29, 0.717) is 0 Å². The van der Waals surface area contributed by atoms with E-state index in [1.165, 1.54) is 0 Å². The van der Waals surface area contributed by atoms with Gasteiger partial charge in [-0.25, -0.2) is 0 Å². The number of hydrogen-bond donors (Lipinski definition) is 1. The molecule has 1 aliphatic rings. The number of hydrogen-bond acceptors (Lipinski definition) is 2. The number of rotatable bonds is 1. The molecule has 3 heteroatoms. The minimum Gasteiger partial charge on any atom is -0.314 e. The van der Waals surface area contributed by atoms with Crippen LogP contribution in [0.1, 0.15) is 6.42 Å². The smallest absolute Gasteiger partial charge is 0.0964 e. The molecule has 0 aromatic rings. The molecular formula is C4H8N2O. The molecule has 0 aromatic carbocycles. The van der Waals surface area contributed by atoms with E-state index < -0.39 is 0 Å². The van der Waals surface area contributed by atoms with Crippen molar-refractivity contribution in [3.8, 4) is 0 Å². The lowest BCUT2D eigenvalue weighted by Crippen LogP contribution is -2.15. The maximum atomic E-state index is 8.03. The Morgan fingerprint density at radius 3 is 2.86 bits per heavy atom. The van der Waals surface area contributed by atoms with Crippen molar-refractivity contribution in [3.63, 3.8) is 0 Å². The largest absolute Gasteiger partial charge is 0.314 e. The minimum absolute atomic E-state index is 0.0417. The lowest BCUT2D eigenvalue weighted by Gasteiger charge is -1.97. The Labute approximate surface area is 42.8 Å². The zero-order chi connectivity index (χ0) is 5.11. The molecule has 1 N–H and O–H groups in total. The molecule has 0 saturated carbocycles. The van der Waals surface area contributed by atoms with Crippen molar-refractivity contribution >= 4 is 0 Å². The van der Waals surface area contributed by atoms with Crippen molar-refractivity contribution in [2.75, 3.05) is 13.1 Å². The molecule has 3 nitrogen and oxygen atoms in total. The average molecular weight is 100 g/mol. The molecule has 1 saturated heterocycles. The summed E-state index contributed by atoms with van der Waals surface area (Å²) in [6, 6.07) is 0. The van der Waals surface area contributed by atoms with Gasteiger partial charge in [0.25, 0.3) is 0 Å². The molecule has 0 spiro atoms. The van der Waals surface area contributed by atoms with Crippen LogP contribution >= 0.6 is 0 Å². The first-order chi connectivity index (χ1) is 3.43. The molecule has 1 aliphatic heterocycles. The highest BCUT2D eigenvalue weighted by Crippen LogP contribution is 1.98. The van der Waals surface area contributed by atoms with Gasteiger partial charge in [-0.2, -0.15) is 0 Å². The van der Waals surface area contributed by atoms with Gasteiger partial charge in [-0.1, -0.05) is 0 Å². The van der Waals surface area contributed by atoms with Gasteiger partial charge < -0.3 is 5.32 Å². The van der Waals surface area contributed by atoms with Gasteiger partial charge in [0.1, 0.15) is 0 Å². The lowest BCUT2D eigenvalue weighted by atomic mass is 10.3. The summed E-state index contributed by atoms with van der Waals surface area (Å²) in [4.78, 5) is 4.05. The zero-order valence-corrected chi connectivity index (χ0v) is 4.05. The summed E-state index contributed by atoms with van der Waals surface area (Å²) >= 11 is 0. The van der Waals surface area contributed by atoms with Crippen LogP contribution in [-0.4, -0.2) is 19.2 Å². The quantitative estimate of drug-likeness (QED) is 0.445. The van der Waals surface area contributed by atoms with Gasteiger partial charge >= 0.3 is 0 Å². The van der Waals surface area contributed by atoms with Crippen LogP contribution in [0.5, 0.6) is 0 Å². The molecule has 1 fully saturated rings. The van der Waals surface area contributed by atoms with E-state index in [-0.39, 0.29) is 6.10 Å². The number of nitrogens with one attached hydrogen (secondary N) is 1. The van der Waals surface area contributed by atoms with E-state index >= 15 is 0 Å². The van der Waals surface area contributed by atoms with Crippen molar-refractivity contribution in [2.45, 2.75) is 12.5 Å². The second-order valence-electron chi connectivity index (χ2n) is 1.72. The Morgan fingerprint density at radius 2 is 2.57 bits per heavy atom. The molecular weight excluding hydrogens is 92.1 g/mol. The molecule has 0 aliphatic carbocycles. The summed E-state index contributed by atoms with van der Waals surface area (Å²) < 4.78 is 0. The second kappa shape index (κ2) is 2.26. The Hall–Kier alpha value is -0.120. The van der Waals surface area contributed by atoms with Crippen molar-refractivity contribution in [1.29, 1.82) is 0 Å². The highest BCUT2D eigenvalue weighted by molar-refractivity contribution is 4.69. The first-order valence-corrected chi connectivity index (χ1v) is 2.44. The van der Waals surface area contributed by atoms with E-state index in [1.807, 2.05) is 0 Å². The maximum Gasteiger partial charge on any atom is 0.0964 e. The van der Waals surface area contributed by atoms with Crippen molar-refractivity contribution in [1.82, 2.24) is 11.2 Å². The Morgan fingerprint density at radius 1 is 1.71 bits per heavy atom. The van der Waals surface area contributed by atoms with E-state index in [4.69, 9.17) is 5.90 Å². The maximum absolute atomic E-state index is 8.03. The Kier molecular flexibility index (Phi) is 1.62. The van der Waals surface area contributed by atoms with Crippen LogP contribution in [-0.2, 0) is 4.84 Å². The van der Waals surface area contributed by atoms with Gasteiger partial charge in [-0.15, -0.1) is 0 Å². The third-order valence-corrected chi connectivity index (χ3v) is 1.16. The normalized spacial score (nSPS) is 31.3. The van der Waals surface area contributed by atoms with Gasteiger partial charge in [0.05, 0.1) is 6.10 Å². The molecule has 40 valence electrons. The zero-order valence-electron chi connectivity index (χ0n) is 4.05. The summed E-state index contributed by atoms with van der Waals surface area (Å²) in [6.45, 7) is 1.75. The number of nitrogens with zero attached hydrogens (tertiary/aromatic N) is 1. The summed E-state index contributed by atoms with van der Waals surface area (Å²) in [5.41, 5.74) is 0. The first kappa shape index (κ1) is 5.03. The van der Waals surface area contributed by atoms with Crippen molar-refractivity contribution < 1.29 is 4.84 Å². The Bertz CT molecular complexity index is 51.7. The van der Waals surface area contributed by atoms with Crippen LogP contribution in [0.25, 0.3) is 0 Å². The van der Waals surface area contributed by atoms with Gasteiger partial charge in [-0.3, -0.25) is 4.84 Å². The third-order valence-electron chi connectivity index (χ3n) is 1.16. The topological polar surface area (TPSA) is 43.6 Å². The predicted octanol–water partition coefficient (Wildman–Crippen LogP) is -0.651. The molecule has 0 aromatic heterocycles. The highest BCUT2D eigenvalue weighted by atomic mass is 16.6. The van der Waals surface area contributed by atoms with Gasteiger partial charge in [-0.05, 0) is 13.0 Å². The summed E-state index contributed by atoms with van der Waals surface area (Å²) in [5.74, 6) is 8.03. The summed E-state index contributed by atoms with van der Waals surface area (Å²) in [7, 11) is 0. The summed E-state index contributed by atoms with van der Waals surface area (Å²) in [6.07, 6.45) is 0.969. The standard InChI is InChI=1S/C4H8N2O/c5-7-4-1-2-6-3-4/h4,6H,1-3H2. The van der Waals surface area contributed by atoms with Gasteiger partial charge in [0.2, 0.25) is 0 Å². The third kappa shape index (κ3) is 1.12. The fourth-order valence-electron chi connectivity index (χ4n) is 0.718. The van der Waals surface area contributed by atoms with Crippen LogP contribution < -0.4 is 11.2 Å². The molecule has 1 heterocycles. The van der Waals surface area contributed by atoms with Crippen molar-refractivity contribution in [3.05, 3.63) is 0 Å². The minimum atomic E-state index is 0.0417. The Balaban J connectivity index is 2.14. The highest BCUT2D eigenvalue weighted by Gasteiger charge is 2.13. The van der Waals surface area contributed by atoms with E-state index in [2.05, 4.69) is 10.2 Å². The van der Waals surface area contributed by atoms with Crippen molar-refractivity contribution in [2.24, 2.45) is 0 Å². The average Bonchev–Trinajstić information content (AvgIpc) is 2.14. The first-order valence-electron chi connectivity index (χ1n) is 2.44. The molecule has 2 radical (unpaired) electrons. The monoisotopic (exact) mass is 100 g/mol.